The summed E-state index contributed by atoms with van der Waals surface area (Å²) in [4.78, 5) is 12.1. The van der Waals surface area contributed by atoms with Crippen molar-refractivity contribution in [1.29, 1.82) is 0 Å². The zero-order valence-electron chi connectivity index (χ0n) is 16.0. The summed E-state index contributed by atoms with van der Waals surface area (Å²) in [6.07, 6.45) is 1.85. The van der Waals surface area contributed by atoms with Gasteiger partial charge >= 0.3 is 0 Å². The molecule has 1 heterocycles. The molecule has 0 bridgehead atoms. The number of hydrogen-bond acceptors (Lipinski definition) is 6. The maximum Gasteiger partial charge on any atom is 0.230 e. The van der Waals surface area contributed by atoms with Crippen molar-refractivity contribution < 1.29 is 9.53 Å². The number of hydrogen-bond donors (Lipinski definition) is 1. The first-order valence-electron chi connectivity index (χ1n) is 9.04. The lowest BCUT2D eigenvalue weighted by atomic mass is 10.1. The summed E-state index contributed by atoms with van der Waals surface area (Å²) >= 11 is 1.30. The minimum absolute atomic E-state index is 0.0381. The maximum absolute atomic E-state index is 12.1. The molecule has 146 valence electrons. The maximum atomic E-state index is 12.1. The number of tetrazole rings is 1. The van der Waals surface area contributed by atoms with E-state index in [1.54, 1.807) is 11.8 Å². The van der Waals surface area contributed by atoms with Crippen LogP contribution >= 0.6 is 11.8 Å². The normalized spacial score (nSPS) is 10.6. The number of benzene rings is 2. The first kappa shape index (κ1) is 19.9. The number of aryl methyl sites for hydroxylation is 2. The predicted molar refractivity (Wildman–Crippen MR) is 109 cm³/mol. The third-order valence-corrected chi connectivity index (χ3v) is 5.06. The molecule has 0 atom stereocenters. The quantitative estimate of drug-likeness (QED) is 0.442. The highest BCUT2D eigenvalue weighted by Crippen LogP contribution is 2.26. The number of carbonyl (C=O) groups excluding carboxylic acids is 1. The minimum Gasteiger partial charge on any atom is -0.494 e. The Labute approximate surface area is 168 Å². The van der Waals surface area contributed by atoms with Crippen molar-refractivity contribution in [1.82, 2.24) is 25.5 Å². The lowest BCUT2D eigenvalue weighted by Crippen LogP contribution is -2.26. The van der Waals surface area contributed by atoms with Gasteiger partial charge in [0.1, 0.15) is 11.4 Å². The topological polar surface area (TPSA) is 81.9 Å². The first-order chi connectivity index (χ1) is 13.7. The van der Waals surface area contributed by atoms with E-state index in [9.17, 15) is 4.79 Å². The molecule has 7 nitrogen and oxygen atoms in total. The van der Waals surface area contributed by atoms with Crippen molar-refractivity contribution in [2.24, 2.45) is 0 Å². The van der Waals surface area contributed by atoms with Crippen molar-refractivity contribution >= 4 is 17.7 Å². The van der Waals surface area contributed by atoms with Crippen LogP contribution in [-0.4, -0.2) is 45.5 Å². The van der Waals surface area contributed by atoms with Crippen LogP contribution in [0.2, 0.25) is 0 Å². The van der Waals surface area contributed by atoms with E-state index in [1.165, 1.54) is 17.3 Å². The van der Waals surface area contributed by atoms with Crippen LogP contribution in [0.4, 0.5) is 0 Å². The number of rotatable bonds is 9. The largest absolute Gasteiger partial charge is 0.494 e. The smallest absolute Gasteiger partial charge is 0.230 e. The third kappa shape index (κ3) is 5.32. The zero-order chi connectivity index (χ0) is 19.8. The number of carbonyl (C=O) groups is 1. The van der Waals surface area contributed by atoms with E-state index in [4.69, 9.17) is 4.74 Å². The standard InChI is InChI=1S/C20H23N5O2S/c1-15-10-11-18(27-2)17(13-15)25-20(22-23-24-25)28-14-19(26)21-12-6-9-16-7-4-3-5-8-16/h3-5,7-8,10-11,13H,6,9,12,14H2,1-2H3,(H,21,26). The molecule has 3 rings (SSSR count). The summed E-state index contributed by atoms with van der Waals surface area (Å²) in [5.74, 6) is 0.883. The van der Waals surface area contributed by atoms with E-state index < -0.39 is 0 Å². The number of thioether (sulfide) groups is 1. The molecule has 1 aromatic heterocycles. The van der Waals surface area contributed by atoms with Gasteiger partial charge in [-0.1, -0.05) is 48.2 Å². The number of amides is 1. The fourth-order valence-electron chi connectivity index (χ4n) is 2.73. The van der Waals surface area contributed by atoms with Crippen molar-refractivity contribution in [3.63, 3.8) is 0 Å². The fourth-order valence-corrected chi connectivity index (χ4v) is 3.45. The fraction of sp³-hybridized carbons (Fsp3) is 0.300. The van der Waals surface area contributed by atoms with Crippen LogP contribution in [-0.2, 0) is 11.2 Å². The Morgan fingerprint density at radius 2 is 2.04 bits per heavy atom. The van der Waals surface area contributed by atoms with Gasteiger partial charge in [0.05, 0.1) is 12.9 Å². The monoisotopic (exact) mass is 397 g/mol. The predicted octanol–water partition coefficient (Wildman–Crippen LogP) is 2.82. The zero-order valence-corrected chi connectivity index (χ0v) is 16.8. The summed E-state index contributed by atoms with van der Waals surface area (Å²) in [6, 6.07) is 16.0. The Bertz CT molecular complexity index is 914. The lowest BCUT2D eigenvalue weighted by molar-refractivity contribution is -0.118. The Hall–Kier alpha value is -2.87. The average Bonchev–Trinajstić information content (AvgIpc) is 3.19. The van der Waals surface area contributed by atoms with Gasteiger partial charge in [-0.2, -0.15) is 4.68 Å². The summed E-state index contributed by atoms with van der Waals surface area (Å²) < 4.78 is 7.00. The number of aromatic nitrogens is 4. The Balaban J connectivity index is 1.51. The number of nitrogens with one attached hydrogen (secondary N) is 1. The molecule has 0 radical (unpaired) electrons. The molecule has 1 N–H and O–H groups in total. The van der Waals surface area contributed by atoms with Gasteiger partial charge in [-0.05, 0) is 53.5 Å². The molecule has 0 aliphatic rings. The molecule has 0 aliphatic heterocycles. The molecular formula is C20H23N5O2S. The van der Waals surface area contributed by atoms with Crippen LogP contribution in [0.3, 0.4) is 0 Å². The Morgan fingerprint density at radius 1 is 1.21 bits per heavy atom. The summed E-state index contributed by atoms with van der Waals surface area (Å²) in [7, 11) is 1.61. The molecule has 28 heavy (non-hydrogen) atoms. The third-order valence-electron chi connectivity index (χ3n) is 4.14. The second kappa shape index (κ2) is 9.89. The van der Waals surface area contributed by atoms with Crippen molar-refractivity contribution in [3.8, 4) is 11.4 Å². The molecule has 3 aromatic rings. The van der Waals surface area contributed by atoms with Gasteiger partial charge in [-0.3, -0.25) is 4.79 Å². The Morgan fingerprint density at radius 3 is 2.82 bits per heavy atom. The van der Waals surface area contributed by atoms with Crippen LogP contribution in [0, 0.1) is 6.92 Å². The highest BCUT2D eigenvalue weighted by atomic mass is 32.2. The van der Waals surface area contributed by atoms with E-state index in [0.29, 0.717) is 17.5 Å². The van der Waals surface area contributed by atoms with Crippen LogP contribution in [0.25, 0.3) is 5.69 Å². The van der Waals surface area contributed by atoms with Gasteiger partial charge in [0, 0.05) is 6.54 Å². The highest BCUT2D eigenvalue weighted by Gasteiger charge is 2.15. The van der Waals surface area contributed by atoms with Gasteiger partial charge in [0.15, 0.2) is 0 Å². The summed E-state index contributed by atoms with van der Waals surface area (Å²) in [5.41, 5.74) is 3.09. The number of methoxy groups -OCH3 is 1. The molecule has 2 aromatic carbocycles. The summed E-state index contributed by atoms with van der Waals surface area (Å²) in [5, 5.41) is 15.3. The van der Waals surface area contributed by atoms with Crippen molar-refractivity contribution in [2.45, 2.75) is 24.9 Å². The average molecular weight is 398 g/mol. The molecular weight excluding hydrogens is 374 g/mol. The number of nitrogens with zero attached hydrogens (tertiary/aromatic N) is 4. The molecule has 1 amide bonds. The van der Waals surface area contributed by atoms with E-state index in [-0.39, 0.29) is 11.7 Å². The van der Waals surface area contributed by atoms with E-state index in [2.05, 4.69) is 33.0 Å². The van der Waals surface area contributed by atoms with E-state index in [1.807, 2.05) is 43.3 Å². The Kier molecular flexibility index (Phi) is 7.02. The van der Waals surface area contributed by atoms with Crippen LogP contribution in [0.15, 0.2) is 53.7 Å². The minimum atomic E-state index is -0.0381. The van der Waals surface area contributed by atoms with Crippen molar-refractivity contribution in [3.05, 3.63) is 59.7 Å². The molecule has 8 heteroatoms. The number of ether oxygens (including phenoxy) is 1. The van der Waals surface area contributed by atoms with Gasteiger partial charge in [0.25, 0.3) is 0 Å². The molecule has 0 fully saturated rings. The van der Waals surface area contributed by atoms with Crippen LogP contribution in [0.1, 0.15) is 17.5 Å². The molecule has 0 saturated carbocycles. The van der Waals surface area contributed by atoms with Gasteiger partial charge in [-0.25, -0.2) is 0 Å². The van der Waals surface area contributed by atoms with Crippen LogP contribution < -0.4 is 10.1 Å². The van der Waals surface area contributed by atoms with E-state index in [0.717, 1.165) is 24.1 Å². The molecule has 0 saturated heterocycles. The lowest BCUT2D eigenvalue weighted by Gasteiger charge is -2.10. The van der Waals surface area contributed by atoms with Crippen molar-refractivity contribution in [2.75, 3.05) is 19.4 Å². The molecule has 0 spiro atoms. The van der Waals surface area contributed by atoms with Gasteiger partial charge in [-0.15, -0.1) is 5.10 Å². The van der Waals surface area contributed by atoms with E-state index >= 15 is 0 Å². The highest BCUT2D eigenvalue weighted by molar-refractivity contribution is 7.99. The molecule has 0 unspecified atom stereocenters. The van der Waals surface area contributed by atoms with Gasteiger partial charge < -0.3 is 10.1 Å². The molecule has 0 aliphatic carbocycles. The second-order valence-electron chi connectivity index (χ2n) is 6.28. The van der Waals surface area contributed by atoms with Gasteiger partial charge in [0.2, 0.25) is 11.1 Å². The SMILES string of the molecule is COc1ccc(C)cc1-n1nnnc1SCC(=O)NCCCc1ccccc1. The summed E-state index contributed by atoms with van der Waals surface area (Å²) in [6.45, 7) is 2.63. The van der Waals surface area contributed by atoms with Crippen LogP contribution in [0.5, 0.6) is 5.75 Å². The first-order valence-corrected chi connectivity index (χ1v) is 10.0. The second-order valence-corrected chi connectivity index (χ2v) is 7.22.